The van der Waals surface area contributed by atoms with E-state index >= 15 is 28.8 Å². The van der Waals surface area contributed by atoms with Gasteiger partial charge in [0, 0.05) is 86.5 Å². The highest BCUT2D eigenvalue weighted by Gasteiger charge is 2.52. The average Bonchev–Trinajstić information content (AvgIpc) is 1.70. The molecule has 0 radical (unpaired) electrons. The molecular weight excluding hydrogens is 1420 g/mol. The van der Waals surface area contributed by atoms with E-state index in [-0.39, 0.29) is 87.4 Å². The zero-order valence-electron chi connectivity index (χ0n) is 64.2. The van der Waals surface area contributed by atoms with E-state index in [0.717, 1.165) is 54.8 Å². The second-order valence-corrected chi connectivity index (χ2v) is 30.6. The van der Waals surface area contributed by atoms with Crippen LogP contribution in [-0.2, 0) is 76.6 Å². The smallest absolute Gasteiger partial charge is 0.347 e. The maximum atomic E-state index is 15.6. The van der Waals surface area contributed by atoms with Crippen molar-refractivity contribution < 1.29 is 79.5 Å². The van der Waals surface area contributed by atoms with Crippen molar-refractivity contribution in [3.8, 4) is 0 Å². The van der Waals surface area contributed by atoms with Gasteiger partial charge in [0.25, 0.3) is 6.43 Å². The Morgan fingerprint density at radius 1 is 0.720 bits per heavy atom. The average molecular weight is 1530 g/mol. The summed E-state index contributed by atoms with van der Waals surface area (Å²) < 4.78 is 70.0. The standard InChI is InChI=1S/C77H110ClF5N12O12/c1-16-18-37-95-60(42-50-27-31-52(32-28-50)77(81,82)83)71(103)88(10)44-61(96)84-55(34-30-49-29-33-53(66(79)80)54(78)41-49)69(101)94-38-23-26-56(94)68(100)86-76(35-21-22-36-76)75(107)93(15)65(51-24-19-20-25-51)74(106)92(14)59(70(102)87(8)9)43-62(97)90(12)57(39-46(3)4)67(99)85-64(48(7)17-2)73(105)89(11)45-63(98)91(13)58(72(95)104)40-47(5)6/h16,27-29,31-33,41,46,48,51,55-60,64-66H,1,5,17-26,30,34-40,42-45H2,2-4,6-15H3,(H,84,96)(H,85,99)(H,86,100)/t48-,55-,56-,57-,58-,59-,60-,64-,65-/m0/s1. The van der Waals surface area contributed by atoms with Crippen LogP contribution in [-0.4, -0.2) is 251 Å². The van der Waals surface area contributed by atoms with Gasteiger partial charge >= 0.3 is 6.18 Å². The molecule has 2 aliphatic heterocycles. The molecule has 1 spiro atoms. The van der Waals surface area contributed by atoms with Crippen LogP contribution >= 0.6 is 11.6 Å². The fourth-order valence-corrected chi connectivity index (χ4v) is 15.3. The third kappa shape index (κ3) is 22.1. The molecule has 3 N–H and O–H groups in total. The lowest BCUT2D eigenvalue weighted by Crippen LogP contribution is -2.65. The molecule has 2 saturated carbocycles. The zero-order chi connectivity index (χ0) is 79.9. The molecule has 2 saturated heterocycles. The highest BCUT2D eigenvalue weighted by Crippen LogP contribution is 2.38. The molecule has 2 aliphatic carbocycles. The summed E-state index contributed by atoms with van der Waals surface area (Å²) in [5.41, 5.74) is -2.16. The van der Waals surface area contributed by atoms with Gasteiger partial charge in [0.15, 0.2) is 0 Å². The van der Waals surface area contributed by atoms with E-state index in [1.807, 2.05) is 13.8 Å². The van der Waals surface area contributed by atoms with Crippen molar-refractivity contribution >= 4 is 82.5 Å². The first-order chi connectivity index (χ1) is 50.2. The van der Waals surface area contributed by atoms with Crippen molar-refractivity contribution in [1.82, 2.24) is 60.0 Å². The highest BCUT2D eigenvalue weighted by molar-refractivity contribution is 6.31. The number of nitrogens with one attached hydrogen (secondary N) is 3. The normalized spacial score (nSPS) is 24.6. The number of carbonyl (C=O) groups is 12. The van der Waals surface area contributed by atoms with Crippen molar-refractivity contribution in [2.24, 2.45) is 17.8 Å². The van der Waals surface area contributed by atoms with Gasteiger partial charge in [-0.3, -0.25) is 57.5 Å². The Bertz CT molecular complexity index is 3570. The van der Waals surface area contributed by atoms with E-state index in [4.69, 9.17) is 11.6 Å². The van der Waals surface area contributed by atoms with Gasteiger partial charge < -0.3 is 60.0 Å². The number of rotatable bonds is 17. The van der Waals surface area contributed by atoms with Crippen molar-refractivity contribution in [3.63, 3.8) is 0 Å². The summed E-state index contributed by atoms with van der Waals surface area (Å²) in [6.45, 7) is 14.8. The topological polar surface area (TPSA) is 270 Å². The number of likely N-dealkylation sites (N-methyl/N-ethyl adjacent to an activating group) is 7. The van der Waals surface area contributed by atoms with Gasteiger partial charge in [-0.15, -0.1) is 13.2 Å². The Morgan fingerprint density at radius 3 is 1.89 bits per heavy atom. The van der Waals surface area contributed by atoms with Crippen LogP contribution in [0.15, 0.2) is 67.3 Å². The Kier molecular flexibility index (Phi) is 31.5. The molecule has 2 heterocycles. The fraction of sp³-hybridized carbons (Fsp3) is 0.636. The molecule has 6 rings (SSSR count). The highest BCUT2D eigenvalue weighted by atomic mass is 35.5. The van der Waals surface area contributed by atoms with E-state index < -0.39 is 186 Å². The summed E-state index contributed by atoms with van der Waals surface area (Å²) in [6.07, 6.45) is -3.35. The molecule has 4 aliphatic rings. The minimum atomic E-state index is -4.76. The van der Waals surface area contributed by atoms with Crippen molar-refractivity contribution in [3.05, 3.63) is 94.5 Å². The molecule has 12 amide bonds. The SMILES string of the molecule is C=CCCN1C(=O)[C@H](CC(=C)C)N(C)C(=O)CN(C)C(=O)[C@H]([C@@H](C)CC)NC(=O)[C@H](CC(C)C)N(C)C(=O)C[C@@H](C(=O)N(C)C)N(C)C(=O)[C@H](C2CCCC2)N(C)C(=O)C2(CCCC2)NC(=O)[C@@H]2CCCN2C(=O)[C@H](CCc2ccc(C(F)F)c(Cl)c2)NC(=O)CN(C)C(=O)[C@@H]1Cc1ccc(C(F)(F)F)cc1. The van der Waals surface area contributed by atoms with Gasteiger partial charge in [-0.25, -0.2) is 8.78 Å². The van der Waals surface area contributed by atoms with Gasteiger partial charge in [-0.05, 0) is 125 Å². The van der Waals surface area contributed by atoms with Crippen LogP contribution in [0.4, 0.5) is 22.0 Å². The van der Waals surface area contributed by atoms with E-state index in [2.05, 4.69) is 29.1 Å². The van der Waals surface area contributed by atoms with Crippen LogP contribution in [0.3, 0.4) is 0 Å². The largest absolute Gasteiger partial charge is 0.416 e. The Hall–Kier alpha value is -8.50. The number of carbonyl (C=O) groups excluding carboxylic acids is 12. The molecule has 0 aromatic heterocycles. The first kappa shape index (κ1) is 87.4. The second-order valence-electron chi connectivity index (χ2n) is 30.2. The number of hydrogen-bond acceptors (Lipinski definition) is 12. The molecular formula is C77H110ClF5N12O12. The predicted molar refractivity (Wildman–Crippen MR) is 393 cm³/mol. The van der Waals surface area contributed by atoms with Crippen LogP contribution < -0.4 is 16.0 Å². The van der Waals surface area contributed by atoms with E-state index in [9.17, 15) is 50.7 Å². The lowest BCUT2D eigenvalue weighted by Gasteiger charge is -2.42. The Balaban J connectivity index is 1.51. The summed E-state index contributed by atoms with van der Waals surface area (Å²) >= 11 is 6.31. The van der Waals surface area contributed by atoms with Crippen LogP contribution in [0.5, 0.6) is 0 Å². The summed E-state index contributed by atoms with van der Waals surface area (Å²) in [6, 6.07) is -3.43. The van der Waals surface area contributed by atoms with Gasteiger partial charge in [-0.1, -0.05) is 107 Å². The lowest BCUT2D eigenvalue weighted by molar-refractivity contribution is -0.156. The summed E-state index contributed by atoms with van der Waals surface area (Å²) in [7, 11) is 11.0. The molecule has 0 unspecified atom stereocenters. The number of halogens is 6. The molecule has 2 aromatic carbocycles. The molecule has 9 atom stereocenters. The molecule has 4 fully saturated rings. The number of fused-ring (bicyclic) bond motifs is 1. The molecule has 107 heavy (non-hydrogen) atoms. The van der Waals surface area contributed by atoms with E-state index in [1.165, 1.54) is 94.2 Å². The van der Waals surface area contributed by atoms with Crippen molar-refractivity contribution in [2.45, 2.75) is 217 Å². The molecule has 30 heteroatoms. The first-order valence-electron chi connectivity index (χ1n) is 37.0. The van der Waals surface area contributed by atoms with Crippen LogP contribution in [0.2, 0.25) is 5.02 Å². The number of alkyl halides is 5. The first-order valence-corrected chi connectivity index (χ1v) is 37.3. The molecule has 0 bridgehead atoms. The summed E-state index contributed by atoms with van der Waals surface area (Å²) in [5.74, 6) is -10.4. The summed E-state index contributed by atoms with van der Waals surface area (Å²) in [4.78, 5) is 192. The van der Waals surface area contributed by atoms with Crippen LogP contribution in [0.1, 0.15) is 166 Å². The lowest BCUT2D eigenvalue weighted by atomic mass is 9.90. The summed E-state index contributed by atoms with van der Waals surface area (Å²) in [5, 5.41) is 8.37. The quantitative estimate of drug-likeness (QED) is 0.102. The van der Waals surface area contributed by atoms with E-state index in [1.54, 1.807) is 20.8 Å². The van der Waals surface area contributed by atoms with Gasteiger partial charge in [-0.2, -0.15) is 13.2 Å². The van der Waals surface area contributed by atoms with Crippen LogP contribution in [0, 0.1) is 17.8 Å². The third-order valence-corrected chi connectivity index (χ3v) is 21.9. The second kappa shape index (κ2) is 38.5. The van der Waals surface area contributed by atoms with Crippen molar-refractivity contribution in [1.29, 1.82) is 0 Å². The van der Waals surface area contributed by atoms with E-state index in [0.29, 0.717) is 56.1 Å². The van der Waals surface area contributed by atoms with Gasteiger partial charge in [0.05, 0.1) is 25.1 Å². The number of hydrogen-bond donors (Lipinski definition) is 3. The maximum Gasteiger partial charge on any atom is 0.416 e. The van der Waals surface area contributed by atoms with Crippen molar-refractivity contribution in [2.75, 3.05) is 82.6 Å². The number of aryl methyl sites for hydroxylation is 1. The minimum Gasteiger partial charge on any atom is -0.347 e. The Morgan fingerprint density at radius 2 is 1.33 bits per heavy atom. The predicted octanol–water partition coefficient (Wildman–Crippen LogP) is 7.60. The third-order valence-electron chi connectivity index (χ3n) is 21.5. The number of nitrogens with zero attached hydrogens (tertiary/aromatic N) is 9. The van der Waals surface area contributed by atoms with Gasteiger partial charge in [0.1, 0.15) is 53.9 Å². The monoisotopic (exact) mass is 1520 g/mol. The maximum absolute atomic E-state index is 15.6. The Labute approximate surface area is 630 Å². The molecule has 2 aromatic rings. The molecule has 592 valence electrons. The van der Waals surface area contributed by atoms with Gasteiger partial charge in [0.2, 0.25) is 70.9 Å². The number of benzene rings is 2. The number of amides is 12. The molecule has 24 nitrogen and oxygen atoms in total. The minimum absolute atomic E-state index is 0.0143. The van der Waals surface area contributed by atoms with Crippen LogP contribution in [0.25, 0.3) is 0 Å². The zero-order valence-corrected chi connectivity index (χ0v) is 65.0. The fourth-order valence-electron chi connectivity index (χ4n) is 15.0.